The fourth-order valence-corrected chi connectivity index (χ4v) is 5.81. The Hall–Kier alpha value is -5.06. The van der Waals surface area contributed by atoms with Crippen molar-refractivity contribution in [1.82, 2.24) is 15.0 Å². The lowest BCUT2D eigenvalue weighted by atomic mass is 9.97. The van der Waals surface area contributed by atoms with Gasteiger partial charge in [-0.15, -0.1) is 0 Å². The van der Waals surface area contributed by atoms with Gasteiger partial charge in [0.1, 0.15) is 11.2 Å². The maximum absolute atomic E-state index is 6.48. The molecule has 0 aliphatic rings. The van der Waals surface area contributed by atoms with Gasteiger partial charge in [-0.2, -0.15) is 9.97 Å². The molecule has 2 aromatic heterocycles. The molecule has 0 radical (unpaired) electrons. The van der Waals surface area contributed by atoms with Crippen molar-refractivity contribution < 1.29 is 4.42 Å². The third-order valence-electron chi connectivity index (χ3n) is 7.47. The Morgan fingerprint density at radius 1 is 0.475 bits per heavy atom. The smallest absolute Gasteiger partial charge is 0.226 e. The van der Waals surface area contributed by atoms with Crippen LogP contribution in [0, 0.1) is 0 Å². The Morgan fingerprint density at radius 2 is 1.12 bits per heavy atom. The molecule has 0 unspecified atom stereocenters. The van der Waals surface area contributed by atoms with Gasteiger partial charge in [0.05, 0.1) is 0 Å². The molecule has 40 heavy (non-hydrogen) atoms. The van der Waals surface area contributed by atoms with Crippen molar-refractivity contribution in [1.29, 1.82) is 0 Å². The zero-order chi connectivity index (χ0) is 26.6. The summed E-state index contributed by atoms with van der Waals surface area (Å²) in [6.07, 6.45) is 0. The quantitative estimate of drug-likeness (QED) is 0.212. The molecule has 0 aliphatic carbocycles. The second-order valence-corrected chi connectivity index (χ2v) is 10.1. The molecule has 5 heteroatoms. The highest BCUT2D eigenvalue weighted by Gasteiger charge is 2.15. The number of nitrogens with zero attached hydrogens (tertiary/aromatic N) is 3. The van der Waals surface area contributed by atoms with Gasteiger partial charge in [-0.05, 0) is 62.5 Å². The predicted octanol–water partition coefficient (Wildman–Crippen LogP) is 9.73. The first-order chi connectivity index (χ1) is 19.7. The summed E-state index contributed by atoms with van der Waals surface area (Å²) in [7, 11) is 0. The molecule has 0 saturated heterocycles. The molecule has 188 valence electrons. The summed E-state index contributed by atoms with van der Waals surface area (Å²) in [4.78, 5) is 13.9. The van der Waals surface area contributed by atoms with Crippen LogP contribution in [0.5, 0.6) is 0 Å². The van der Waals surface area contributed by atoms with Gasteiger partial charge in [-0.25, -0.2) is 4.98 Å². The van der Waals surface area contributed by atoms with Crippen molar-refractivity contribution in [2.75, 3.05) is 0 Å². The predicted molar refractivity (Wildman–Crippen MR) is 163 cm³/mol. The maximum Gasteiger partial charge on any atom is 0.226 e. The van der Waals surface area contributed by atoms with E-state index >= 15 is 0 Å². The highest BCUT2D eigenvalue weighted by atomic mass is 35.5. The van der Waals surface area contributed by atoms with Crippen LogP contribution >= 0.6 is 11.6 Å². The summed E-state index contributed by atoms with van der Waals surface area (Å²) >= 11 is 6.48. The highest BCUT2D eigenvalue weighted by Crippen LogP contribution is 2.38. The Morgan fingerprint density at radius 3 is 1.98 bits per heavy atom. The molecule has 0 bridgehead atoms. The summed E-state index contributed by atoms with van der Waals surface area (Å²) in [5, 5.41) is 6.92. The fourth-order valence-electron chi connectivity index (χ4n) is 5.65. The number of fused-ring (bicyclic) bond motifs is 6. The van der Waals surface area contributed by atoms with Crippen LogP contribution in [0.25, 0.3) is 77.4 Å². The van der Waals surface area contributed by atoms with Crippen LogP contribution in [0.15, 0.2) is 126 Å². The topological polar surface area (TPSA) is 51.8 Å². The molecule has 8 aromatic rings. The summed E-state index contributed by atoms with van der Waals surface area (Å²) in [5.74, 6) is 1.08. The fraction of sp³-hybridized carbons (Fsp3) is 0. The zero-order valence-corrected chi connectivity index (χ0v) is 21.9. The molecular weight excluding hydrogens is 514 g/mol. The molecule has 0 atom stereocenters. The largest absolute Gasteiger partial charge is 0.456 e. The summed E-state index contributed by atoms with van der Waals surface area (Å²) < 4.78 is 6.09. The van der Waals surface area contributed by atoms with Crippen molar-refractivity contribution in [3.8, 4) is 33.9 Å². The third kappa shape index (κ3) is 3.65. The van der Waals surface area contributed by atoms with Gasteiger partial charge < -0.3 is 4.42 Å². The van der Waals surface area contributed by atoms with Crippen molar-refractivity contribution in [2.24, 2.45) is 0 Å². The first-order valence-corrected chi connectivity index (χ1v) is 13.4. The number of furan rings is 1. The van der Waals surface area contributed by atoms with Crippen LogP contribution in [0.1, 0.15) is 0 Å². The van der Waals surface area contributed by atoms with E-state index in [0.717, 1.165) is 60.4 Å². The lowest BCUT2D eigenvalue weighted by Gasteiger charge is -2.11. The number of aromatic nitrogens is 3. The second kappa shape index (κ2) is 9.01. The van der Waals surface area contributed by atoms with E-state index in [0.29, 0.717) is 11.6 Å². The summed E-state index contributed by atoms with van der Waals surface area (Å²) in [6, 6.07) is 41.4. The van der Waals surface area contributed by atoms with Gasteiger partial charge in [-0.1, -0.05) is 103 Å². The average Bonchev–Trinajstić information content (AvgIpc) is 3.39. The Kier molecular flexibility index (Phi) is 5.15. The molecule has 8 rings (SSSR count). The number of rotatable bonds is 3. The van der Waals surface area contributed by atoms with Crippen molar-refractivity contribution in [3.63, 3.8) is 0 Å². The Balaban J connectivity index is 1.25. The van der Waals surface area contributed by atoms with E-state index < -0.39 is 0 Å². The number of para-hydroxylation sites is 1. The minimum Gasteiger partial charge on any atom is -0.456 e. The molecule has 2 heterocycles. The van der Waals surface area contributed by atoms with Gasteiger partial charge in [0.15, 0.2) is 11.6 Å². The van der Waals surface area contributed by atoms with Crippen LogP contribution in [0.2, 0.25) is 5.28 Å². The maximum atomic E-state index is 6.48. The van der Waals surface area contributed by atoms with Gasteiger partial charge in [-0.3, -0.25) is 0 Å². The molecule has 0 fully saturated rings. The molecule has 4 nitrogen and oxygen atoms in total. The molecule has 0 saturated carbocycles. The van der Waals surface area contributed by atoms with Gasteiger partial charge in [0.2, 0.25) is 5.28 Å². The lowest BCUT2D eigenvalue weighted by Crippen LogP contribution is -1.98. The van der Waals surface area contributed by atoms with E-state index in [-0.39, 0.29) is 5.28 Å². The van der Waals surface area contributed by atoms with E-state index in [9.17, 15) is 0 Å². The van der Waals surface area contributed by atoms with E-state index in [1.165, 1.54) is 5.39 Å². The number of halogens is 1. The normalized spacial score (nSPS) is 11.6. The molecule has 0 amide bonds. The van der Waals surface area contributed by atoms with E-state index in [1.807, 2.05) is 54.6 Å². The molecular formula is C35H20ClN3O. The van der Waals surface area contributed by atoms with E-state index in [2.05, 4.69) is 76.7 Å². The van der Waals surface area contributed by atoms with Crippen LogP contribution in [0.4, 0.5) is 0 Å². The molecule has 6 aromatic carbocycles. The van der Waals surface area contributed by atoms with Crippen LogP contribution < -0.4 is 0 Å². The summed E-state index contributed by atoms with van der Waals surface area (Å²) in [5.41, 5.74) is 5.75. The minimum atomic E-state index is 0.163. The van der Waals surface area contributed by atoms with Gasteiger partial charge in [0.25, 0.3) is 0 Å². The molecule has 0 aliphatic heterocycles. The number of hydrogen-bond donors (Lipinski definition) is 0. The van der Waals surface area contributed by atoms with Crippen LogP contribution in [-0.4, -0.2) is 15.0 Å². The first kappa shape index (κ1) is 22.9. The van der Waals surface area contributed by atoms with E-state index in [4.69, 9.17) is 21.0 Å². The van der Waals surface area contributed by atoms with Crippen molar-refractivity contribution in [3.05, 3.63) is 127 Å². The zero-order valence-electron chi connectivity index (χ0n) is 21.2. The number of hydrogen-bond acceptors (Lipinski definition) is 4. The molecule has 0 spiro atoms. The minimum absolute atomic E-state index is 0.163. The Bertz CT molecular complexity index is 2240. The highest BCUT2D eigenvalue weighted by molar-refractivity contribution is 6.28. The Labute approximate surface area is 234 Å². The SMILES string of the molecule is Clc1nc(-c2ccc(-c3cccc4oc5ccccc5c34)cc2)nc(-c2cc3ccccc3c3ccccc23)n1. The van der Waals surface area contributed by atoms with Crippen LogP contribution in [-0.2, 0) is 0 Å². The van der Waals surface area contributed by atoms with Gasteiger partial charge >= 0.3 is 0 Å². The standard InChI is InChI=1S/C35H20ClN3O/c36-35-38-33(37-34(39-35)29-20-23-8-1-2-9-24(23)26-10-3-4-11-27(26)29)22-18-16-21(17-19-22)25-13-7-15-31-32(25)28-12-5-6-14-30(28)40-31/h1-20H. The van der Waals surface area contributed by atoms with Crippen molar-refractivity contribution in [2.45, 2.75) is 0 Å². The second-order valence-electron chi connectivity index (χ2n) is 9.80. The van der Waals surface area contributed by atoms with Crippen LogP contribution in [0.3, 0.4) is 0 Å². The lowest BCUT2D eigenvalue weighted by molar-refractivity contribution is 0.669. The van der Waals surface area contributed by atoms with Crippen molar-refractivity contribution >= 4 is 55.1 Å². The molecule has 0 N–H and O–H groups in total. The monoisotopic (exact) mass is 533 g/mol. The average molecular weight is 534 g/mol. The summed E-state index contributed by atoms with van der Waals surface area (Å²) in [6.45, 7) is 0. The first-order valence-electron chi connectivity index (χ1n) is 13.1. The third-order valence-corrected chi connectivity index (χ3v) is 7.64. The number of benzene rings is 6. The van der Waals surface area contributed by atoms with E-state index in [1.54, 1.807) is 0 Å². The van der Waals surface area contributed by atoms with Gasteiger partial charge in [0, 0.05) is 21.9 Å².